The first-order chi connectivity index (χ1) is 7.24. The lowest BCUT2D eigenvalue weighted by molar-refractivity contribution is -0.135. The van der Waals surface area contributed by atoms with Crippen LogP contribution in [0.2, 0.25) is 0 Å². The number of amides is 3. The number of nitrogens with zero attached hydrogens (tertiary/aromatic N) is 1. The zero-order chi connectivity index (χ0) is 11.1. The summed E-state index contributed by atoms with van der Waals surface area (Å²) in [5, 5.41) is 5.00. The van der Waals surface area contributed by atoms with Gasteiger partial charge in [-0.1, -0.05) is 0 Å². The quantitative estimate of drug-likeness (QED) is 0.645. The highest BCUT2D eigenvalue weighted by Crippen LogP contribution is 1.99. The van der Waals surface area contributed by atoms with Crippen molar-refractivity contribution in [2.75, 3.05) is 39.9 Å². The van der Waals surface area contributed by atoms with Crippen LogP contribution in [-0.4, -0.2) is 56.7 Å². The zero-order valence-electron chi connectivity index (χ0n) is 8.91. The van der Waals surface area contributed by atoms with E-state index < -0.39 is 0 Å². The zero-order valence-corrected chi connectivity index (χ0v) is 8.91. The van der Waals surface area contributed by atoms with E-state index in [2.05, 4.69) is 10.6 Å². The first-order valence-corrected chi connectivity index (χ1v) is 5.05. The minimum absolute atomic E-state index is 0.0645. The van der Waals surface area contributed by atoms with Crippen LogP contribution in [0.5, 0.6) is 0 Å². The summed E-state index contributed by atoms with van der Waals surface area (Å²) in [6, 6.07) is -0.259. The van der Waals surface area contributed by atoms with Crippen molar-refractivity contribution in [3.63, 3.8) is 0 Å². The van der Waals surface area contributed by atoms with Gasteiger partial charge in [0.05, 0.1) is 13.2 Å². The summed E-state index contributed by atoms with van der Waals surface area (Å²) in [6.07, 6.45) is 0.341. The third kappa shape index (κ3) is 4.16. The Morgan fingerprint density at radius 2 is 2.00 bits per heavy atom. The second-order valence-electron chi connectivity index (χ2n) is 3.25. The molecule has 6 heteroatoms. The Balaban J connectivity index is 2.14. The topological polar surface area (TPSA) is 70.7 Å². The molecule has 1 saturated heterocycles. The third-order valence-electron chi connectivity index (χ3n) is 2.22. The molecule has 1 rings (SSSR count). The summed E-state index contributed by atoms with van der Waals surface area (Å²) >= 11 is 0. The average Bonchev–Trinajstić information content (AvgIpc) is 2.29. The van der Waals surface area contributed by atoms with Gasteiger partial charge in [0.2, 0.25) is 5.91 Å². The summed E-state index contributed by atoms with van der Waals surface area (Å²) in [5.41, 5.74) is 0. The van der Waals surface area contributed by atoms with Crippen LogP contribution < -0.4 is 10.6 Å². The number of hydrogen-bond donors (Lipinski definition) is 2. The van der Waals surface area contributed by atoms with Crippen molar-refractivity contribution < 1.29 is 14.3 Å². The number of morpholine rings is 1. The van der Waals surface area contributed by atoms with Crippen LogP contribution in [0.15, 0.2) is 0 Å². The monoisotopic (exact) mass is 215 g/mol. The molecule has 0 spiro atoms. The number of nitrogens with one attached hydrogen (secondary N) is 2. The molecule has 0 aliphatic carbocycles. The van der Waals surface area contributed by atoms with Gasteiger partial charge >= 0.3 is 6.03 Å². The fourth-order valence-electron chi connectivity index (χ4n) is 1.34. The third-order valence-corrected chi connectivity index (χ3v) is 2.22. The smallest absolute Gasteiger partial charge is 0.314 e. The molecule has 2 N–H and O–H groups in total. The van der Waals surface area contributed by atoms with Crippen LogP contribution in [0, 0.1) is 0 Å². The molecule has 1 fully saturated rings. The Hall–Kier alpha value is -1.30. The first-order valence-electron chi connectivity index (χ1n) is 5.05. The van der Waals surface area contributed by atoms with E-state index in [1.807, 2.05) is 0 Å². The summed E-state index contributed by atoms with van der Waals surface area (Å²) in [4.78, 5) is 24.1. The lowest BCUT2D eigenvalue weighted by atomic mass is 10.3. The molecule has 1 aliphatic heterocycles. The Labute approximate surface area is 88.9 Å². The van der Waals surface area contributed by atoms with Crippen LogP contribution >= 0.6 is 0 Å². The molecule has 6 nitrogen and oxygen atoms in total. The Kier molecular flexibility index (Phi) is 4.89. The molecule has 0 saturated carbocycles. The molecular weight excluding hydrogens is 198 g/mol. The maximum Gasteiger partial charge on any atom is 0.314 e. The molecule has 0 aromatic carbocycles. The first kappa shape index (κ1) is 11.8. The second-order valence-corrected chi connectivity index (χ2v) is 3.25. The van der Waals surface area contributed by atoms with E-state index in [4.69, 9.17) is 4.74 Å². The minimum atomic E-state index is -0.259. The summed E-state index contributed by atoms with van der Waals surface area (Å²) < 4.78 is 5.14. The predicted molar refractivity (Wildman–Crippen MR) is 54.5 cm³/mol. The molecule has 1 aliphatic rings. The summed E-state index contributed by atoms with van der Waals surface area (Å²) in [5.74, 6) is 0.0645. The lowest BCUT2D eigenvalue weighted by Crippen LogP contribution is -2.42. The van der Waals surface area contributed by atoms with E-state index in [1.165, 1.54) is 0 Å². The van der Waals surface area contributed by atoms with E-state index in [1.54, 1.807) is 11.9 Å². The molecule has 1 heterocycles. The fourth-order valence-corrected chi connectivity index (χ4v) is 1.34. The molecule has 0 bridgehead atoms. The van der Waals surface area contributed by atoms with Gasteiger partial charge in [-0.25, -0.2) is 4.79 Å². The number of ether oxygens (including phenoxy) is 1. The fraction of sp³-hybridized carbons (Fsp3) is 0.778. The molecule has 0 radical (unpaired) electrons. The SMILES string of the molecule is CNC(=O)NCCC(=O)N1CCOCC1. The standard InChI is InChI=1S/C9H17N3O3/c1-10-9(14)11-3-2-8(13)12-4-6-15-7-5-12/h2-7H2,1H3,(H2,10,11,14). The van der Waals surface area contributed by atoms with Gasteiger partial charge in [0.25, 0.3) is 0 Å². The van der Waals surface area contributed by atoms with Crippen LogP contribution in [0.4, 0.5) is 4.79 Å². The number of carbonyl (C=O) groups is 2. The summed E-state index contributed by atoms with van der Waals surface area (Å²) in [7, 11) is 1.54. The van der Waals surface area contributed by atoms with Crippen molar-refractivity contribution in [2.24, 2.45) is 0 Å². The van der Waals surface area contributed by atoms with Gasteiger partial charge in [-0.2, -0.15) is 0 Å². The molecule has 15 heavy (non-hydrogen) atoms. The molecule has 0 aromatic heterocycles. The van der Waals surface area contributed by atoms with Gasteiger partial charge in [0.15, 0.2) is 0 Å². The van der Waals surface area contributed by atoms with Crippen LogP contribution in [-0.2, 0) is 9.53 Å². The van der Waals surface area contributed by atoms with Gasteiger partial charge in [-0.15, -0.1) is 0 Å². The van der Waals surface area contributed by atoms with Crippen LogP contribution in [0.25, 0.3) is 0 Å². The maximum atomic E-state index is 11.6. The molecule has 0 unspecified atom stereocenters. The van der Waals surface area contributed by atoms with E-state index >= 15 is 0 Å². The second kappa shape index (κ2) is 6.23. The largest absolute Gasteiger partial charge is 0.378 e. The number of urea groups is 1. The van der Waals surface area contributed by atoms with Gasteiger partial charge < -0.3 is 20.3 Å². The Bertz CT molecular complexity index is 227. The van der Waals surface area contributed by atoms with Gasteiger partial charge in [-0.05, 0) is 0 Å². The average molecular weight is 215 g/mol. The van der Waals surface area contributed by atoms with Crippen molar-refractivity contribution in [3.05, 3.63) is 0 Å². The maximum absolute atomic E-state index is 11.6. The van der Waals surface area contributed by atoms with Gasteiger partial charge in [0.1, 0.15) is 0 Å². The van der Waals surface area contributed by atoms with Gasteiger partial charge in [0, 0.05) is 33.1 Å². The van der Waals surface area contributed by atoms with Crippen molar-refractivity contribution in [1.29, 1.82) is 0 Å². The molecule has 3 amide bonds. The number of rotatable bonds is 3. The normalized spacial score (nSPS) is 15.9. The highest BCUT2D eigenvalue weighted by atomic mass is 16.5. The molecule has 86 valence electrons. The predicted octanol–water partition coefficient (Wildman–Crippen LogP) is -0.836. The minimum Gasteiger partial charge on any atom is -0.378 e. The number of hydrogen-bond acceptors (Lipinski definition) is 3. The molecular formula is C9H17N3O3. The van der Waals surface area contributed by atoms with Crippen molar-refractivity contribution in [3.8, 4) is 0 Å². The summed E-state index contributed by atoms with van der Waals surface area (Å²) in [6.45, 7) is 2.89. The van der Waals surface area contributed by atoms with Crippen molar-refractivity contribution in [2.45, 2.75) is 6.42 Å². The van der Waals surface area contributed by atoms with Crippen LogP contribution in [0.3, 0.4) is 0 Å². The van der Waals surface area contributed by atoms with E-state index in [-0.39, 0.29) is 11.9 Å². The molecule has 0 aromatic rings. The van der Waals surface area contributed by atoms with E-state index in [0.717, 1.165) is 0 Å². The highest BCUT2D eigenvalue weighted by Gasteiger charge is 2.16. The van der Waals surface area contributed by atoms with Gasteiger partial charge in [-0.3, -0.25) is 4.79 Å². The Morgan fingerprint density at radius 1 is 1.33 bits per heavy atom. The Morgan fingerprint density at radius 3 is 2.60 bits per heavy atom. The van der Waals surface area contributed by atoms with Crippen molar-refractivity contribution in [1.82, 2.24) is 15.5 Å². The lowest BCUT2D eigenvalue weighted by Gasteiger charge is -2.26. The van der Waals surface area contributed by atoms with E-state index in [9.17, 15) is 9.59 Å². The van der Waals surface area contributed by atoms with Crippen molar-refractivity contribution >= 4 is 11.9 Å². The number of carbonyl (C=O) groups excluding carboxylic acids is 2. The van der Waals surface area contributed by atoms with Crippen LogP contribution in [0.1, 0.15) is 6.42 Å². The highest BCUT2D eigenvalue weighted by molar-refractivity contribution is 5.78. The van der Waals surface area contributed by atoms with E-state index in [0.29, 0.717) is 39.3 Å². The molecule has 0 atom stereocenters.